The number of amides is 1. The molecule has 86 heavy (non-hydrogen) atoms. The SMILES string of the molecule is CC/C=C\C/C=C\C/C=C\C/C=C\C/C=C\C/C=C\C/C=C\C/C=C\C/C=C\CCCCCCCCCCCCCCCC(=O)NC(COC1OC(CO)C(O)C(O)C1O)C(O)/C=C/CC/C=C/CC/C=C/CCCCCCCCCCCCCC. The zero-order chi connectivity index (χ0) is 62.1. The molecule has 0 aromatic rings. The second-order valence-electron chi connectivity index (χ2n) is 23.6. The van der Waals surface area contributed by atoms with E-state index in [9.17, 15) is 30.3 Å². The third-order valence-corrected chi connectivity index (χ3v) is 15.6. The Bertz CT molecular complexity index is 1870. The predicted molar refractivity (Wildman–Crippen MR) is 368 cm³/mol. The van der Waals surface area contributed by atoms with Crippen LogP contribution in [0.4, 0.5) is 0 Å². The number of aliphatic hydroxyl groups excluding tert-OH is 5. The average molecular weight is 1200 g/mol. The quantitative estimate of drug-likeness (QED) is 0.0261. The van der Waals surface area contributed by atoms with E-state index in [-0.39, 0.29) is 12.5 Å². The molecule has 0 bridgehead atoms. The van der Waals surface area contributed by atoms with Gasteiger partial charge in [0.05, 0.1) is 25.4 Å². The van der Waals surface area contributed by atoms with E-state index in [1.54, 1.807) is 6.08 Å². The zero-order valence-corrected chi connectivity index (χ0v) is 54.8. The Morgan fingerprint density at radius 1 is 0.407 bits per heavy atom. The van der Waals surface area contributed by atoms with Crippen molar-refractivity contribution in [3.8, 4) is 0 Å². The molecule has 0 aromatic heterocycles. The second kappa shape index (κ2) is 64.1. The lowest BCUT2D eigenvalue weighted by Gasteiger charge is -2.40. The molecule has 490 valence electrons. The standard InChI is InChI=1S/C77H129NO8/c1-3-5-7-9-11-13-15-17-19-21-23-25-27-28-29-30-31-32-33-34-35-36-37-38-39-40-41-42-43-44-45-47-49-51-53-55-57-59-61-63-65-67-73(81)78-70(69-85-77-76(84)75(83)74(82)72(68-79)86-77)71(80)66-64-62-60-58-56-54-52-50-48-46-26-24-22-20-18-16-14-12-10-8-6-4-2/h5,7,11,13,17,19,23,25,28-29,31-32,34-35,37-38,40-41,48,50,56,58,64,66,70-72,74-77,79-80,82-84H,3-4,6,8-10,12,14-16,18,20-22,24,26-27,30,33,36,39,42-47,49,51-55,57,59-63,65,67-69H2,1-2H3,(H,78,81)/b7-5-,13-11-,19-17-,25-23-,29-28-,32-31-,35-34-,38-37-,41-40-,50-48+,58-56+,66-64+. The predicted octanol–water partition coefficient (Wildman–Crippen LogP) is 19.4. The number of rotatable bonds is 59. The summed E-state index contributed by atoms with van der Waals surface area (Å²) in [5.74, 6) is -0.196. The van der Waals surface area contributed by atoms with Crippen LogP contribution in [0.15, 0.2) is 146 Å². The van der Waals surface area contributed by atoms with E-state index in [0.717, 1.165) is 109 Å². The van der Waals surface area contributed by atoms with E-state index in [2.05, 4.69) is 153 Å². The molecule has 0 aliphatic carbocycles. The van der Waals surface area contributed by atoms with Crippen LogP contribution < -0.4 is 5.32 Å². The summed E-state index contributed by atoms with van der Waals surface area (Å²) in [6.07, 6.45) is 92.3. The topological polar surface area (TPSA) is 149 Å². The van der Waals surface area contributed by atoms with Crippen LogP contribution in [0, 0.1) is 0 Å². The van der Waals surface area contributed by atoms with Crippen LogP contribution in [0.1, 0.15) is 277 Å². The minimum Gasteiger partial charge on any atom is -0.394 e. The Labute approximate surface area is 527 Å². The highest BCUT2D eigenvalue weighted by molar-refractivity contribution is 5.76. The van der Waals surface area contributed by atoms with Gasteiger partial charge in [0.15, 0.2) is 6.29 Å². The minimum absolute atomic E-state index is 0.196. The number of allylic oxidation sites excluding steroid dienone is 23. The number of carbonyl (C=O) groups is 1. The summed E-state index contributed by atoms with van der Waals surface area (Å²) < 4.78 is 11.3. The number of carbonyl (C=O) groups excluding carboxylic acids is 1. The lowest BCUT2D eigenvalue weighted by Crippen LogP contribution is -2.60. The third-order valence-electron chi connectivity index (χ3n) is 15.6. The first-order valence-electron chi connectivity index (χ1n) is 35.1. The molecule has 1 rings (SSSR count). The average Bonchev–Trinajstić information content (AvgIpc) is 2.36. The molecule has 9 heteroatoms. The summed E-state index contributed by atoms with van der Waals surface area (Å²) >= 11 is 0. The molecular formula is C77H129NO8. The van der Waals surface area contributed by atoms with E-state index in [4.69, 9.17) is 9.47 Å². The fraction of sp³-hybridized carbons (Fsp3) is 0.675. The van der Waals surface area contributed by atoms with Crippen LogP contribution in [0.3, 0.4) is 0 Å². The normalized spacial score (nSPS) is 19.0. The second-order valence-corrected chi connectivity index (χ2v) is 23.6. The largest absolute Gasteiger partial charge is 0.394 e. The Morgan fingerprint density at radius 3 is 1.12 bits per heavy atom. The first-order valence-corrected chi connectivity index (χ1v) is 35.1. The smallest absolute Gasteiger partial charge is 0.220 e. The summed E-state index contributed by atoms with van der Waals surface area (Å²) in [5, 5.41) is 54.7. The van der Waals surface area contributed by atoms with Crippen molar-refractivity contribution >= 4 is 5.91 Å². The van der Waals surface area contributed by atoms with Gasteiger partial charge in [0.1, 0.15) is 24.4 Å². The van der Waals surface area contributed by atoms with Gasteiger partial charge in [-0.05, 0) is 116 Å². The van der Waals surface area contributed by atoms with Crippen LogP contribution >= 0.6 is 0 Å². The number of hydrogen-bond acceptors (Lipinski definition) is 8. The van der Waals surface area contributed by atoms with Crippen LogP contribution in [0.2, 0.25) is 0 Å². The molecule has 1 amide bonds. The first kappa shape index (κ1) is 80.1. The highest BCUT2D eigenvalue weighted by Crippen LogP contribution is 2.23. The van der Waals surface area contributed by atoms with E-state index in [1.165, 1.54) is 148 Å². The van der Waals surface area contributed by atoms with Crippen molar-refractivity contribution in [3.05, 3.63) is 146 Å². The highest BCUT2D eigenvalue weighted by atomic mass is 16.7. The van der Waals surface area contributed by atoms with Crippen LogP contribution in [0.5, 0.6) is 0 Å². The van der Waals surface area contributed by atoms with Gasteiger partial charge in [0.25, 0.3) is 0 Å². The molecule has 7 atom stereocenters. The molecule has 0 spiro atoms. The zero-order valence-electron chi connectivity index (χ0n) is 54.8. The van der Waals surface area contributed by atoms with E-state index < -0.39 is 49.5 Å². The molecule has 0 aromatic carbocycles. The molecule has 9 nitrogen and oxygen atoms in total. The van der Waals surface area contributed by atoms with Gasteiger partial charge in [-0.25, -0.2) is 0 Å². The van der Waals surface area contributed by atoms with Crippen molar-refractivity contribution < 1.29 is 39.8 Å². The number of unbranched alkanes of at least 4 members (excludes halogenated alkanes) is 27. The van der Waals surface area contributed by atoms with Gasteiger partial charge in [-0.2, -0.15) is 0 Å². The Hall–Kier alpha value is -3.93. The first-order chi connectivity index (χ1) is 42.3. The number of nitrogens with one attached hydrogen (secondary N) is 1. The number of aliphatic hydroxyl groups is 5. The molecule has 1 heterocycles. The molecule has 0 radical (unpaired) electrons. The fourth-order valence-electron chi connectivity index (χ4n) is 10.2. The maximum Gasteiger partial charge on any atom is 0.220 e. The van der Waals surface area contributed by atoms with E-state index in [1.807, 2.05) is 6.08 Å². The van der Waals surface area contributed by atoms with Gasteiger partial charge in [0.2, 0.25) is 5.91 Å². The van der Waals surface area contributed by atoms with Crippen molar-refractivity contribution in [2.75, 3.05) is 13.2 Å². The minimum atomic E-state index is -1.58. The van der Waals surface area contributed by atoms with Crippen molar-refractivity contribution in [1.82, 2.24) is 5.32 Å². The molecule has 1 saturated heterocycles. The van der Waals surface area contributed by atoms with Gasteiger partial charge in [-0.1, -0.05) is 301 Å². The molecule has 0 saturated carbocycles. The Kier molecular flexibility index (Phi) is 59.7. The van der Waals surface area contributed by atoms with Crippen LogP contribution in [0.25, 0.3) is 0 Å². The fourth-order valence-corrected chi connectivity index (χ4v) is 10.2. The van der Waals surface area contributed by atoms with Gasteiger partial charge in [-0.3, -0.25) is 4.79 Å². The lowest BCUT2D eigenvalue weighted by atomic mass is 9.99. The summed E-state index contributed by atoms with van der Waals surface area (Å²) in [5.41, 5.74) is 0. The van der Waals surface area contributed by atoms with Crippen LogP contribution in [-0.4, -0.2) is 87.5 Å². The Balaban J connectivity index is 2.15. The Morgan fingerprint density at radius 2 is 0.733 bits per heavy atom. The van der Waals surface area contributed by atoms with Crippen molar-refractivity contribution in [2.45, 2.75) is 320 Å². The monoisotopic (exact) mass is 1200 g/mol. The summed E-state index contributed by atoms with van der Waals surface area (Å²) in [6.45, 7) is 3.65. The highest BCUT2D eigenvalue weighted by Gasteiger charge is 2.44. The van der Waals surface area contributed by atoms with E-state index in [0.29, 0.717) is 6.42 Å². The third kappa shape index (κ3) is 52.1. The molecular weight excluding hydrogens is 1070 g/mol. The summed E-state index contributed by atoms with van der Waals surface area (Å²) in [7, 11) is 0. The van der Waals surface area contributed by atoms with Crippen LogP contribution in [-0.2, 0) is 14.3 Å². The molecule has 1 aliphatic heterocycles. The lowest BCUT2D eigenvalue weighted by molar-refractivity contribution is -0.302. The van der Waals surface area contributed by atoms with Gasteiger partial charge < -0.3 is 40.3 Å². The van der Waals surface area contributed by atoms with Crippen molar-refractivity contribution in [2.24, 2.45) is 0 Å². The van der Waals surface area contributed by atoms with Crippen molar-refractivity contribution in [1.29, 1.82) is 0 Å². The molecule has 7 unspecified atom stereocenters. The number of hydrogen-bond donors (Lipinski definition) is 6. The van der Waals surface area contributed by atoms with Gasteiger partial charge >= 0.3 is 0 Å². The molecule has 6 N–H and O–H groups in total. The van der Waals surface area contributed by atoms with Crippen molar-refractivity contribution in [3.63, 3.8) is 0 Å². The maximum absolute atomic E-state index is 13.1. The summed E-state index contributed by atoms with van der Waals surface area (Å²) in [6, 6.07) is -0.839. The molecule has 1 aliphatic rings. The van der Waals surface area contributed by atoms with Gasteiger partial charge in [0, 0.05) is 6.42 Å². The summed E-state index contributed by atoms with van der Waals surface area (Å²) in [4.78, 5) is 13.1. The molecule has 1 fully saturated rings. The van der Waals surface area contributed by atoms with Gasteiger partial charge in [-0.15, -0.1) is 0 Å². The number of ether oxygens (including phenoxy) is 2. The van der Waals surface area contributed by atoms with E-state index >= 15 is 0 Å². The maximum atomic E-state index is 13.1.